The highest BCUT2D eigenvalue weighted by molar-refractivity contribution is 5.20. The van der Waals surface area contributed by atoms with Gasteiger partial charge in [0.2, 0.25) is 0 Å². The molecule has 0 aliphatic carbocycles. The molecule has 0 atom stereocenters. The zero-order valence-electron chi connectivity index (χ0n) is 14.3. The molecular formula is C18H33NO2. The quantitative estimate of drug-likeness (QED) is 0.553. The fraction of sp³-hybridized carbons (Fsp3) is 0.778. The first-order valence-corrected chi connectivity index (χ1v) is 8.52. The fourth-order valence-corrected chi connectivity index (χ4v) is 2.31. The Labute approximate surface area is 130 Å². The van der Waals surface area contributed by atoms with E-state index >= 15 is 0 Å². The van der Waals surface area contributed by atoms with Gasteiger partial charge in [0.15, 0.2) is 0 Å². The lowest BCUT2D eigenvalue weighted by atomic mass is 10.1. The predicted octanol–water partition coefficient (Wildman–Crippen LogP) is 4.96. The van der Waals surface area contributed by atoms with Crippen LogP contribution in [0.25, 0.3) is 0 Å². The molecule has 0 bridgehead atoms. The minimum absolute atomic E-state index is 0.492. The molecule has 0 amide bonds. The Morgan fingerprint density at radius 1 is 1.14 bits per heavy atom. The average molecular weight is 295 g/mol. The SMILES string of the molecule is CCCCCCCCOCc1cc(CNC(C)C)c(C)o1. The maximum Gasteiger partial charge on any atom is 0.130 e. The second-order valence-corrected chi connectivity index (χ2v) is 6.15. The van der Waals surface area contributed by atoms with Crippen LogP contribution in [0.1, 0.15) is 76.4 Å². The third-order valence-electron chi connectivity index (χ3n) is 3.66. The lowest BCUT2D eigenvalue weighted by Crippen LogP contribution is -2.21. The topological polar surface area (TPSA) is 34.4 Å². The van der Waals surface area contributed by atoms with Crippen LogP contribution in [0.3, 0.4) is 0 Å². The fourth-order valence-electron chi connectivity index (χ4n) is 2.31. The Bertz CT molecular complexity index is 371. The van der Waals surface area contributed by atoms with Gasteiger partial charge in [0.1, 0.15) is 18.1 Å². The van der Waals surface area contributed by atoms with Crippen molar-refractivity contribution in [3.63, 3.8) is 0 Å². The Morgan fingerprint density at radius 3 is 2.57 bits per heavy atom. The molecule has 0 aromatic carbocycles. The Morgan fingerprint density at radius 2 is 1.86 bits per heavy atom. The van der Waals surface area contributed by atoms with Crippen LogP contribution in [0, 0.1) is 6.92 Å². The highest BCUT2D eigenvalue weighted by Gasteiger charge is 2.07. The minimum atomic E-state index is 0.492. The summed E-state index contributed by atoms with van der Waals surface area (Å²) in [6.45, 7) is 10.9. The Kier molecular flexibility index (Phi) is 9.44. The number of hydrogen-bond acceptors (Lipinski definition) is 3. The van der Waals surface area contributed by atoms with E-state index in [4.69, 9.17) is 9.15 Å². The molecule has 21 heavy (non-hydrogen) atoms. The maximum atomic E-state index is 5.74. The molecule has 3 heteroatoms. The van der Waals surface area contributed by atoms with Crippen LogP contribution in [-0.4, -0.2) is 12.6 Å². The van der Waals surface area contributed by atoms with E-state index in [-0.39, 0.29) is 0 Å². The molecule has 0 radical (unpaired) electrons. The lowest BCUT2D eigenvalue weighted by molar-refractivity contribution is 0.102. The van der Waals surface area contributed by atoms with Gasteiger partial charge in [-0.3, -0.25) is 0 Å². The molecule has 0 saturated carbocycles. The van der Waals surface area contributed by atoms with Crippen molar-refractivity contribution in [2.24, 2.45) is 0 Å². The molecule has 1 N–H and O–H groups in total. The van der Waals surface area contributed by atoms with Gasteiger partial charge in [-0.15, -0.1) is 0 Å². The number of unbranched alkanes of at least 4 members (excludes halogenated alkanes) is 5. The normalized spacial score (nSPS) is 11.5. The first-order chi connectivity index (χ1) is 10.1. The zero-order valence-corrected chi connectivity index (χ0v) is 14.3. The van der Waals surface area contributed by atoms with E-state index in [0.717, 1.165) is 31.1 Å². The summed E-state index contributed by atoms with van der Waals surface area (Å²) in [4.78, 5) is 0. The van der Waals surface area contributed by atoms with E-state index in [1.807, 2.05) is 6.92 Å². The molecule has 1 aromatic heterocycles. The van der Waals surface area contributed by atoms with E-state index in [2.05, 4.69) is 32.2 Å². The number of hydrogen-bond donors (Lipinski definition) is 1. The van der Waals surface area contributed by atoms with Crippen LogP contribution in [0.4, 0.5) is 0 Å². The van der Waals surface area contributed by atoms with Crippen molar-refractivity contribution in [1.82, 2.24) is 5.32 Å². The molecule has 0 saturated heterocycles. The van der Waals surface area contributed by atoms with Crippen molar-refractivity contribution < 1.29 is 9.15 Å². The summed E-state index contributed by atoms with van der Waals surface area (Å²) in [5.74, 6) is 1.94. The molecular weight excluding hydrogens is 262 g/mol. The zero-order chi connectivity index (χ0) is 15.5. The van der Waals surface area contributed by atoms with Crippen molar-refractivity contribution in [2.75, 3.05) is 6.61 Å². The third-order valence-corrected chi connectivity index (χ3v) is 3.66. The van der Waals surface area contributed by atoms with Gasteiger partial charge < -0.3 is 14.5 Å². The van der Waals surface area contributed by atoms with Crippen molar-refractivity contribution in [2.45, 2.75) is 85.4 Å². The molecule has 1 heterocycles. The number of ether oxygens (including phenoxy) is 1. The average Bonchev–Trinajstić information content (AvgIpc) is 2.80. The standard InChI is InChI=1S/C18H33NO2/c1-5-6-7-8-9-10-11-20-14-18-12-17(16(4)21-18)13-19-15(2)3/h12,15,19H,5-11,13-14H2,1-4H3. The first-order valence-electron chi connectivity index (χ1n) is 8.52. The van der Waals surface area contributed by atoms with Crippen molar-refractivity contribution in [3.8, 4) is 0 Å². The summed E-state index contributed by atoms with van der Waals surface area (Å²) in [6, 6.07) is 2.61. The number of aryl methyl sites for hydroxylation is 1. The summed E-state index contributed by atoms with van der Waals surface area (Å²) in [6.07, 6.45) is 7.80. The van der Waals surface area contributed by atoms with Gasteiger partial charge in [-0.25, -0.2) is 0 Å². The van der Waals surface area contributed by atoms with Gasteiger partial charge in [0.05, 0.1) is 0 Å². The highest BCUT2D eigenvalue weighted by atomic mass is 16.5. The van der Waals surface area contributed by atoms with E-state index in [0.29, 0.717) is 12.6 Å². The van der Waals surface area contributed by atoms with Gasteiger partial charge in [-0.05, 0) is 19.4 Å². The second-order valence-electron chi connectivity index (χ2n) is 6.15. The van der Waals surface area contributed by atoms with Crippen LogP contribution >= 0.6 is 0 Å². The predicted molar refractivity (Wildman–Crippen MR) is 88.5 cm³/mol. The van der Waals surface area contributed by atoms with Gasteiger partial charge in [-0.1, -0.05) is 52.9 Å². The molecule has 122 valence electrons. The summed E-state index contributed by atoms with van der Waals surface area (Å²) in [7, 11) is 0. The van der Waals surface area contributed by atoms with Gasteiger partial charge in [0.25, 0.3) is 0 Å². The molecule has 0 spiro atoms. The van der Waals surface area contributed by atoms with E-state index in [9.17, 15) is 0 Å². The highest BCUT2D eigenvalue weighted by Crippen LogP contribution is 2.16. The van der Waals surface area contributed by atoms with Crippen LogP contribution < -0.4 is 5.32 Å². The molecule has 0 aliphatic rings. The Hall–Kier alpha value is -0.800. The van der Waals surface area contributed by atoms with Gasteiger partial charge >= 0.3 is 0 Å². The smallest absolute Gasteiger partial charge is 0.130 e. The monoisotopic (exact) mass is 295 g/mol. The third kappa shape index (κ3) is 8.27. The number of nitrogens with one attached hydrogen (secondary N) is 1. The van der Waals surface area contributed by atoms with Crippen LogP contribution in [0.5, 0.6) is 0 Å². The van der Waals surface area contributed by atoms with Crippen molar-refractivity contribution in [1.29, 1.82) is 0 Å². The van der Waals surface area contributed by atoms with Gasteiger partial charge in [0, 0.05) is 24.8 Å². The molecule has 3 nitrogen and oxygen atoms in total. The molecule has 1 rings (SSSR count). The number of furan rings is 1. The maximum absolute atomic E-state index is 5.74. The molecule has 0 fully saturated rings. The summed E-state index contributed by atoms with van der Waals surface area (Å²) >= 11 is 0. The van der Waals surface area contributed by atoms with E-state index in [1.165, 1.54) is 37.7 Å². The Balaban J connectivity index is 2.13. The van der Waals surface area contributed by atoms with Crippen molar-refractivity contribution in [3.05, 3.63) is 23.2 Å². The second kappa shape index (κ2) is 10.9. The van der Waals surface area contributed by atoms with Crippen LogP contribution in [0.15, 0.2) is 10.5 Å². The molecule has 0 unspecified atom stereocenters. The van der Waals surface area contributed by atoms with Crippen LogP contribution in [0.2, 0.25) is 0 Å². The number of rotatable bonds is 12. The summed E-state index contributed by atoms with van der Waals surface area (Å²) < 4.78 is 11.4. The van der Waals surface area contributed by atoms with E-state index < -0.39 is 0 Å². The molecule has 0 aliphatic heterocycles. The van der Waals surface area contributed by atoms with Crippen LogP contribution in [-0.2, 0) is 17.9 Å². The summed E-state index contributed by atoms with van der Waals surface area (Å²) in [5, 5.41) is 3.42. The van der Waals surface area contributed by atoms with E-state index in [1.54, 1.807) is 0 Å². The lowest BCUT2D eigenvalue weighted by Gasteiger charge is -2.06. The molecule has 1 aromatic rings. The summed E-state index contributed by atoms with van der Waals surface area (Å²) in [5.41, 5.74) is 1.24. The minimum Gasteiger partial charge on any atom is -0.464 e. The van der Waals surface area contributed by atoms with Gasteiger partial charge in [-0.2, -0.15) is 0 Å². The largest absolute Gasteiger partial charge is 0.464 e. The first kappa shape index (κ1) is 18.2. The van der Waals surface area contributed by atoms with Crippen molar-refractivity contribution >= 4 is 0 Å².